The lowest BCUT2D eigenvalue weighted by Gasteiger charge is -2.05. The quantitative estimate of drug-likeness (QED) is 0.184. The Kier molecular flexibility index (Phi) is 30.8. The average molecular weight is 388 g/mol. The molecule has 0 unspecified atom stereocenters. The fraction of sp³-hybridized carbons (Fsp3) is 0.913. The molecule has 0 atom stereocenters. The largest absolute Gasteiger partial charge is 0.466 e. The third-order valence-electron chi connectivity index (χ3n) is 4.62. The lowest BCUT2D eigenvalue weighted by molar-refractivity contribution is -0.129. The minimum Gasteiger partial charge on any atom is -0.466 e. The van der Waals surface area contributed by atoms with Crippen molar-refractivity contribution >= 4 is 12.4 Å². The van der Waals surface area contributed by atoms with E-state index in [0.29, 0.717) is 19.4 Å². The van der Waals surface area contributed by atoms with Crippen molar-refractivity contribution in [3.63, 3.8) is 0 Å². The molecule has 0 aliphatic rings. The summed E-state index contributed by atoms with van der Waals surface area (Å²) in [6, 6.07) is 0. The lowest BCUT2D eigenvalue weighted by atomic mass is 10.0. The van der Waals surface area contributed by atoms with E-state index in [2.05, 4.69) is 17.0 Å². The van der Waals surface area contributed by atoms with Gasteiger partial charge in [-0.05, 0) is 6.42 Å². The third kappa shape index (κ3) is 27.3. The Morgan fingerprint density at radius 2 is 1.15 bits per heavy atom. The predicted molar refractivity (Wildman–Crippen MR) is 118 cm³/mol. The van der Waals surface area contributed by atoms with Gasteiger partial charge in [0.25, 0.3) is 6.47 Å². The second-order valence-corrected chi connectivity index (χ2v) is 7.02. The van der Waals surface area contributed by atoms with Gasteiger partial charge < -0.3 is 10.1 Å². The van der Waals surface area contributed by atoms with Gasteiger partial charge in [0.2, 0.25) is 5.91 Å². The molecule has 0 aliphatic heterocycles. The zero-order valence-corrected chi connectivity index (χ0v) is 16.5. The Morgan fingerprint density at radius 1 is 0.741 bits per heavy atom. The summed E-state index contributed by atoms with van der Waals surface area (Å²) in [4.78, 5) is 21.4. The molecule has 1 amide bonds. The monoisotopic (exact) mass is 387 g/mol. The maximum atomic E-state index is 11.5. The number of amides is 1. The van der Waals surface area contributed by atoms with Gasteiger partial charge >= 0.3 is 0 Å². The third-order valence-corrected chi connectivity index (χ3v) is 4.62. The first-order valence-corrected chi connectivity index (χ1v) is 10.6. The highest BCUT2D eigenvalue weighted by Crippen LogP contribution is 2.13. The molecule has 0 fully saturated rings. The number of hydrogen-bond donors (Lipinski definition) is 1. The van der Waals surface area contributed by atoms with E-state index in [1.165, 1.54) is 83.5 Å². The second kappa shape index (κ2) is 27.2. The number of nitrogens with one attached hydrogen (secondary N) is 1. The second-order valence-electron chi connectivity index (χ2n) is 7.02. The molecular formula is C23H49NO3. The van der Waals surface area contributed by atoms with E-state index in [9.17, 15) is 9.59 Å². The number of carbonyl (C=O) groups is 2. The molecule has 1 N–H and O–H groups in total. The molecule has 0 radical (unpaired) electrons. The summed E-state index contributed by atoms with van der Waals surface area (Å²) in [6.07, 6.45) is 20.6. The van der Waals surface area contributed by atoms with Gasteiger partial charge in [0.15, 0.2) is 0 Å². The molecule has 0 aromatic carbocycles. The van der Waals surface area contributed by atoms with Crippen molar-refractivity contribution in [3.8, 4) is 0 Å². The van der Waals surface area contributed by atoms with Gasteiger partial charge in [-0.25, -0.2) is 0 Å². The molecule has 164 valence electrons. The van der Waals surface area contributed by atoms with E-state index in [-0.39, 0.29) is 27.4 Å². The summed E-state index contributed by atoms with van der Waals surface area (Å²) in [6.45, 7) is 3.34. The number of hydrogen-bond acceptors (Lipinski definition) is 3. The van der Waals surface area contributed by atoms with Crippen LogP contribution >= 0.6 is 0 Å². The van der Waals surface area contributed by atoms with Gasteiger partial charge in [0.1, 0.15) is 6.61 Å². The maximum absolute atomic E-state index is 11.5. The minimum absolute atomic E-state index is 0. The van der Waals surface area contributed by atoms with Crippen molar-refractivity contribution in [1.29, 1.82) is 0 Å². The number of carbonyl (C=O) groups excluding carboxylic acids is 2. The molecule has 0 saturated heterocycles. The lowest BCUT2D eigenvalue weighted by Crippen LogP contribution is -2.26. The van der Waals surface area contributed by atoms with Crippen molar-refractivity contribution in [2.75, 3.05) is 13.2 Å². The smallest absolute Gasteiger partial charge is 0.293 e. The van der Waals surface area contributed by atoms with Crippen LogP contribution in [0.1, 0.15) is 125 Å². The van der Waals surface area contributed by atoms with Crippen molar-refractivity contribution in [3.05, 3.63) is 0 Å². The van der Waals surface area contributed by atoms with Gasteiger partial charge in [-0.3, -0.25) is 9.59 Å². The van der Waals surface area contributed by atoms with Crippen molar-refractivity contribution in [2.45, 2.75) is 125 Å². The van der Waals surface area contributed by atoms with Gasteiger partial charge in [-0.15, -0.1) is 0 Å². The first kappa shape index (κ1) is 30.7. The summed E-state index contributed by atoms with van der Waals surface area (Å²) in [7, 11) is 0. The molecule has 0 aromatic heterocycles. The van der Waals surface area contributed by atoms with Crippen LogP contribution < -0.4 is 5.32 Å². The van der Waals surface area contributed by atoms with Crippen LogP contribution in [0, 0.1) is 0 Å². The van der Waals surface area contributed by atoms with Gasteiger partial charge in [-0.1, -0.05) is 112 Å². The van der Waals surface area contributed by atoms with Crippen LogP contribution in [0.25, 0.3) is 0 Å². The van der Waals surface area contributed by atoms with Gasteiger partial charge in [-0.2, -0.15) is 0 Å². The van der Waals surface area contributed by atoms with Crippen molar-refractivity contribution in [1.82, 2.24) is 5.32 Å². The fourth-order valence-corrected chi connectivity index (χ4v) is 3.04. The van der Waals surface area contributed by atoms with Crippen molar-refractivity contribution in [2.24, 2.45) is 0 Å². The number of unbranched alkanes of at least 4 members (excludes halogenated alkanes) is 14. The molecule has 0 bridgehead atoms. The normalized spacial score (nSPS) is 9.81. The van der Waals surface area contributed by atoms with E-state index in [4.69, 9.17) is 0 Å². The summed E-state index contributed by atoms with van der Waals surface area (Å²) >= 11 is 0. The highest BCUT2D eigenvalue weighted by atomic mass is 16.5. The molecule has 0 saturated carbocycles. The first-order valence-electron chi connectivity index (χ1n) is 10.6. The minimum atomic E-state index is 0. The fourth-order valence-electron chi connectivity index (χ4n) is 3.04. The molecule has 0 spiro atoms. The molecular weight excluding hydrogens is 338 g/mol. The Hall–Kier alpha value is -1.06. The first-order chi connectivity index (χ1) is 12.3. The van der Waals surface area contributed by atoms with Crippen LogP contribution in [0.3, 0.4) is 0 Å². The standard InChI is InChI=1S/C21H41NO3.2CH4/c1-2-3-4-5-6-7-8-9-10-11-12-13-14-15-16-17-21(24)22-18-19-25-20-23;;/h20H,2-19H2,1H3,(H,22,24);2*1H4. The molecule has 0 heterocycles. The van der Waals surface area contributed by atoms with Crippen LogP contribution in [-0.4, -0.2) is 25.5 Å². The Labute approximate surface area is 170 Å². The van der Waals surface area contributed by atoms with Crippen LogP contribution in [0.15, 0.2) is 0 Å². The molecule has 27 heavy (non-hydrogen) atoms. The van der Waals surface area contributed by atoms with Crippen molar-refractivity contribution < 1.29 is 14.3 Å². The number of ether oxygens (including phenoxy) is 1. The van der Waals surface area contributed by atoms with Crippen LogP contribution in [0.4, 0.5) is 0 Å². The predicted octanol–water partition coefficient (Wildman–Crippen LogP) is 6.81. The van der Waals surface area contributed by atoms with E-state index >= 15 is 0 Å². The van der Waals surface area contributed by atoms with E-state index < -0.39 is 0 Å². The summed E-state index contributed by atoms with van der Waals surface area (Å²) in [5, 5.41) is 2.74. The topological polar surface area (TPSA) is 55.4 Å². The SMILES string of the molecule is C.C.CCCCCCCCCCCCCCCCCC(=O)NCCOC=O. The molecule has 0 aliphatic carbocycles. The van der Waals surface area contributed by atoms with E-state index in [1.807, 2.05) is 0 Å². The Morgan fingerprint density at radius 3 is 1.56 bits per heavy atom. The van der Waals surface area contributed by atoms with Gasteiger partial charge in [0.05, 0.1) is 6.54 Å². The van der Waals surface area contributed by atoms with Gasteiger partial charge in [0, 0.05) is 6.42 Å². The van der Waals surface area contributed by atoms with Crippen LogP contribution in [-0.2, 0) is 14.3 Å². The zero-order chi connectivity index (χ0) is 18.4. The molecule has 0 rings (SSSR count). The average Bonchev–Trinajstić information content (AvgIpc) is 2.62. The molecule has 4 nitrogen and oxygen atoms in total. The molecule has 4 heteroatoms. The summed E-state index contributed by atoms with van der Waals surface area (Å²) < 4.78 is 4.52. The Bertz CT molecular complexity index is 295. The highest BCUT2D eigenvalue weighted by Gasteiger charge is 2.00. The van der Waals surface area contributed by atoms with E-state index in [0.717, 1.165) is 12.8 Å². The number of rotatable bonds is 20. The van der Waals surface area contributed by atoms with Crippen LogP contribution in [0.2, 0.25) is 0 Å². The Balaban J connectivity index is -0.00000288. The zero-order valence-electron chi connectivity index (χ0n) is 16.5. The highest BCUT2D eigenvalue weighted by molar-refractivity contribution is 5.75. The van der Waals surface area contributed by atoms with E-state index in [1.54, 1.807) is 0 Å². The summed E-state index contributed by atoms with van der Waals surface area (Å²) in [5.41, 5.74) is 0. The maximum Gasteiger partial charge on any atom is 0.293 e. The molecule has 0 aromatic rings. The van der Waals surface area contributed by atoms with Crippen LogP contribution in [0.5, 0.6) is 0 Å². The summed E-state index contributed by atoms with van der Waals surface area (Å²) in [5.74, 6) is 0.0594.